The van der Waals surface area contributed by atoms with Gasteiger partial charge in [-0.1, -0.05) is 11.6 Å². The molecule has 4 nitrogen and oxygen atoms in total. The summed E-state index contributed by atoms with van der Waals surface area (Å²) < 4.78 is 10.5. The number of ether oxygens (including phenoxy) is 2. The summed E-state index contributed by atoms with van der Waals surface area (Å²) in [6.45, 7) is 8.32. The van der Waals surface area contributed by atoms with Gasteiger partial charge in [0.1, 0.15) is 0 Å². The molecule has 0 saturated heterocycles. The zero-order valence-electron chi connectivity index (χ0n) is 12.1. The van der Waals surface area contributed by atoms with E-state index in [2.05, 4.69) is 31.1 Å². The van der Waals surface area contributed by atoms with E-state index in [-0.39, 0.29) is 5.54 Å². The predicted molar refractivity (Wildman–Crippen MR) is 77.8 cm³/mol. The Hall–Kier alpha value is -0.840. The van der Waals surface area contributed by atoms with E-state index in [0.717, 1.165) is 12.0 Å². The van der Waals surface area contributed by atoms with Gasteiger partial charge in [-0.25, -0.2) is 4.98 Å². The van der Waals surface area contributed by atoms with Crippen molar-refractivity contribution in [3.05, 3.63) is 22.8 Å². The van der Waals surface area contributed by atoms with E-state index >= 15 is 0 Å². The molecule has 1 heterocycles. The molecule has 0 saturated carbocycles. The fourth-order valence-corrected chi connectivity index (χ4v) is 1.58. The Kier molecular flexibility index (Phi) is 6.55. The van der Waals surface area contributed by atoms with Crippen molar-refractivity contribution in [1.29, 1.82) is 0 Å². The van der Waals surface area contributed by atoms with E-state index in [1.54, 1.807) is 13.3 Å². The summed E-state index contributed by atoms with van der Waals surface area (Å²) in [5.41, 5.74) is 1.04. The maximum absolute atomic E-state index is 6.13. The van der Waals surface area contributed by atoms with E-state index in [1.807, 2.05) is 6.07 Å². The number of pyridine rings is 1. The van der Waals surface area contributed by atoms with Crippen LogP contribution in [0.1, 0.15) is 32.8 Å². The van der Waals surface area contributed by atoms with Crippen LogP contribution in [0.25, 0.3) is 0 Å². The van der Waals surface area contributed by atoms with Crippen LogP contribution in [-0.2, 0) is 11.3 Å². The standard InChI is InChI=1S/C14H23ClN2O2/c1-14(2,3)17-9-11-8-13(16-10-12(11)15)19-7-5-6-18-4/h8,10,17H,5-7,9H2,1-4H3. The van der Waals surface area contributed by atoms with Gasteiger partial charge in [0, 0.05) is 44.5 Å². The van der Waals surface area contributed by atoms with Crippen LogP contribution < -0.4 is 10.1 Å². The topological polar surface area (TPSA) is 43.4 Å². The summed E-state index contributed by atoms with van der Waals surface area (Å²) in [5.74, 6) is 0.603. The molecule has 0 fully saturated rings. The van der Waals surface area contributed by atoms with E-state index in [9.17, 15) is 0 Å². The lowest BCUT2D eigenvalue weighted by atomic mass is 10.1. The highest BCUT2D eigenvalue weighted by Crippen LogP contribution is 2.20. The molecule has 19 heavy (non-hydrogen) atoms. The molecule has 0 radical (unpaired) electrons. The lowest BCUT2D eigenvalue weighted by molar-refractivity contribution is 0.170. The van der Waals surface area contributed by atoms with Crippen molar-refractivity contribution in [2.45, 2.75) is 39.3 Å². The molecule has 0 spiro atoms. The van der Waals surface area contributed by atoms with Gasteiger partial charge >= 0.3 is 0 Å². The molecular formula is C14H23ClN2O2. The first-order valence-corrected chi connectivity index (χ1v) is 6.81. The lowest BCUT2D eigenvalue weighted by Crippen LogP contribution is -2.35. The molecule has 5 heteroatoms. The monoisotopic (exact) mass is 286 g/mol. The van der Waals surface area contributed by atoms with Crippen molar-refractivity contribution in [3.63, 3.8) is 0 Å². The van der Waals surface area contributed by atoms with Gasteiger partial charge in [-0.15, -0.1) is 0 Å². The number of methoxy groups -OCH3 is 1. The van der Waals surface area contributed by atoms with Crippen LogP contribution in [0.3, 0.4) is 0 Å². The molecule has 0 bridgehead atoms. The molecule has 0 amide bonds. The fourth-order valence-electron chi connectivity index (χ4n) is 1.41. The van der Waals surface area contributed by atoms with Gasteiger partial charge in [-0.2, -0.15) is 0 Å². The third kappa shape index (κ3) is 6.76. The number of hydrogen-bond acceptors (Lipinski definition) is 4. The van der Waals surface area contributed by atoms with E-state index in [1.165, 1.54) is 0 Å². The first kappa shape index (κ1) is 16.2. The Bertz CT molecular complexity index is 392. The van der Waals surface area contributed by atoms with Crippen LogP contribution in [0.4, 0.5) is 0 Å². The molecular weight excluding hydrogens is 264 g/mol. The molecule has 0 aliphatic heterocycles. The molecule has 1 N–H and O–H groups in total. The second kappa shape index (κ2) is 7.68. The van der Waals surface area contributed by atoms with Crippen LogP contribution in [0, 0.1) is 0 Å². The molecule has 108 valence electrons. The minimum atomic E-state index is 0.0477. The fraction of sp³-hybridized carbons (Fsp3) is 0.643. The smallest absolute Gasteiger partial charge is 0.213 e. The van der Waals surface area contributed by atoms with Gasteiger partial charge in [0.05, 0.1) is 11.6 Å². The maximum Gasteiger partial charge on any atom is 0.213 e. The highest BCUT2D eigenvalue weighted by molar-refractivity contribution is 6.31. The summed E-state index contributed by atoms with van der Waals surface area (Å²) in [6.07, 6.45) is 2.48. The summed E-state index contributed by atoms with van der Waals surface area (Å²) in [4.78, 5) is 4.16. The second-order valence-corrected chi connectivity index (χ2v) is 5.82. The predicted octanol–water partition coefficient (Wildman–Crippen LogP) is 3.04. The van der Waals surface area contributed by atoms with Gasteiger partial charge in [-0.3, -0.25) is 0 Å². The zero-order chi connectivity index (χ0) is 14.3. The number of halogens is 1. The minimum absolute atomic E-state index is 0.0477. The van der Waals surface area contributed by atoms with Crippen molar-refractivity contribution < 1.29 is 9.47 Å². The summed E-state index contributed by atoms with van der Waals surface area (Å²) in [6, 6.07) is 1.88. The van der Waals surface area contributed by atoms with Gasteiger partial charge < -0.3 is 14.8 Å². The van der Waals surface area contributed by atoms with Gasteiger partial charge in [0.2, 0.25) is 5.88 Å². The highest BCUT2D eigenvalue weighted by Gasteiger charge is 2.11. The third-order valence-corrected chi connectivity index (χ3v) is 2.80. The number of aromatic nitrogens is 1. The molecule has 0 aromatic carbocycles. The first-order valence-electron chi connectivity index (χ1n) is 6.43. The Balaban J connectivity index is 2.56. The SMILES string of the molecule is COCCCOc1cc(CNC(C)(C)C)c(Cl)cn1. The van der Waals surface area contributed by atoms with Crippen LogP contribution >= 0.6 is 11.6 Å². The maximum atomic E-state index is 6.13. The van der Waals surface area contributed by atoms with Crippen molar-refractivity contribution >= 4 is 11.6 Å². The zero-order valence-corrected chi connectivity index (χ0v) is 12.9. The molecule has 1 aromatic heterocycles. The molecule has 0 aliphatic rings. The first-order chi connectivity index (χ1) is 8.92. The quantitative estimate of drug-likeness (QED) is 0.783. The van der Waals surface area contributed by atoms with Crippen molar-refractivity contribution in [3.8, 4) is 5.88 Å². The number of nitrogens with zero attached hydrogens (tertiary/aromatic N) is 1. The van der Waals surface area contributed by atoms with Crippen LogP contribution in [0.2, 0.25) is 5.02 Å². The number of hydrogen-bond donors (Lipinski definition) is 1. The molecule has 0 aliphatic carbocycles. The van der Waals surface area contributed by atoms with Crippen molar-refractivity contribution in [2.75, 3.05) is 20.3 Å². The van der Waals surface area contributed by atoms with Crippen molar-refractivity contribution in [2.24, 2.45) is 0 Å². The van der Waals surface area contributed by atoms with E-state index in [0.29, 0.717) is 30.7 Å². The van der Waals surface area contributed by atoms with Gasteiger partial charge in [0.15, 0.2) is 0 Å². The third-order valence-electron chi connectivity index (χ3n) is 2.46. The molecule has 1 aromatic rings. The largest absolute Gasteiger partial charge is 0.478 e. The highest BCUT2D eigenvalue weighted by atomic mass is 35.5. The van der Waals surface area contributed by atoms with E-state index < -0.39 is 0 Å². The van der Waals surface area contributed by atoms with Crippen molar-refractivity contribution in [1.82, 2.24) is 10.3 Å². The van der Waals surface area contributed by atoms with Crippen LogP contribution in [-0.4, -0.2) is 30.8 Å². The normalized spacial score (nSPS) is 11.6. The molecule has 0 unspecified atom stereocenters. The average Bonchev–Trinajstić information content (AvgIpc) is 2.34. The second-order valence-electron chi connectivity index (χ2n) is 5.41. The molecule has 1 rings (SSSR count). The Morgan fingerprint density at radius 3 is 2.68 bits per heavy atom. The van der Waals surface area contributed by atoms with Gasteiger partial charge in [0.25, 0.3) is 0 Å². The van der Waals surface area contributed by atoms with Crippen LogP contribution in [0.5, 0.6) is 5.88 Å². The summed E-state index contributed by atoms with van der Waals surface area (Å²) in [5, 5.41) is 4.05. The summed E-state index contributed by atoms with van der Waals surface area (Å²) >= 11 is 6.13. The summed E-state index contributed by atoms with van der Waals surface area (Å²) in [7, 11) is 1.68. The van der Waals surface area contributed by atoms with Crippen LogP contribution in [0.15, 0.2) is 12.3 Å². The Morgan fingerprint density at radius 1 is 1.32 bits per heavy atom. The van der Waals surface area contributed by atoms with Gasteiger partial charge in [-0.05, 0) is 26.3 Å². The number of rotatable bonds is 7. The Labute approximate surface area is 120 Å². The Morgan fingerprint density at radius 2 is 2.05 bits per heavy atom. The van der Waals surface area contributed by atoms with E-state index in [4.69, 9.17) is 21.1 Å². The average molecular weight is 287 g/mol. The number of nitrogens with one attached hydrogen (secondary N) is 1. The molecule has 0 atom stereocenters. The minimum Gasteiger partial charge on any atom is -0.478 e. The lowest BCUT2D eigenvalue weighted by Gasteiger charge is -2.21.